The SMILES string of the molecule is CCCCCCCCCCOc1ccc(-c2ccc(-c3ccc(CC(F)(F)CCCCCC)c(F)c3F)cc2)cc1. The Morgan fingerprint density at radius 2 is 1.07 bits per heavy atom. The molecule has 0 unspecified atom stereocenters. The lowest BCUT2D eigenvalue weighted by Gasteiger charge is -2.17. The average molecular weight is 571 g/mol. The van der Waals surface area contributed by atoms with Crippen molar-refractivity contribution < 1.29 is 22.3 Å². The molecule has 1 nitrogen and oxygen atoms in total. The predicted molar refractivity (Wildman–Crippen MR) is 163 cm³/mol. The zero-order chi connectivity index (χ0) is 29.5. The topological polar surface area (TPSA) is 9.23 Å². The van der Waals surface area contributed by atoms with E-state index in [2.05, 4.69) is 6.92 Å². The number of unbranched alkanes of at least 4 members (excludes halogenated alkanes) is 10. The van der Waals surface area contributed by atoms with E-state index >= 15 is 0 Å². The van der Waals surface area contributed by atoms with Crippen LogP contribution in [0.1, 0.15) is 103 Å². The fraction of sp³-hybridized carbons (Fsp3) is 0.500. The van der Waals surface area contributed by atoms with Crippen molar-refractivity contribution in [2.45, 2.75) is 110 Å². The predicted octanol–water partition coefficient (Wildman–Crippen LogP) is 12.0. The average Bonchev–Trinajstić information content (AvgIpc) is 2.97. The third-order valence-corrected chi connectivity index (χ3v) is 7.66. The summed E-state index contributed by atoms with van der Waals surface area (Å²) >= 11 is 0. The number of ether oxygens (including phenoxy) is 1. The molecule has 41 heavy (non-hydrogen) atoms. The lowest BCUT2D eigenvalue weighted by atomic mass is 9.96. The molecule has 0 N–H and O–H groups in total. The van der Waals surface area contributed by atoms with Crippen LogP contribution in [0.3, 0.4) is 0 Å². The molecule has 3 rings (SSSR count). The van der Waals surface area contributed by atoms with E-state index in [0.29, 0.717) is 18.6 Å². The van der Waals surface area contributed by atoms with Gasteiger partial charge in [-0.05, 0) is 47.2 Å². The normalized spacial score (nSPS) is 11.7. The summed E-state index contributed by atoms with van der Waals surface area (Å²) < 4.78 is 64.3. The van der Waals surface area contributed by atoms with Gasteiger partial charge < -0.3 is 4.74 Å². The van der Waals surface area contributed by atoms with E-state index in [1.165, 1.54) is 57.1 Å². The summed E-state index contributed by atoms with van der Waals surface area (Å²) in [5, 5.41) is 0. The van der Waals surface area contributed by atoms with Gasteiger partial charge in [0.15, 0.2) is 11.6 Å². The summed E-state index contributed by atoms with van der Waals surface area (Å²) in [5.41, 5.74) is 2.19. The van der Waals surface area contributed by atoms with E-state index in [1.807, 2.05) is 43.3 Å². The first kappa shape index (κ1) is 32.7. The van der Waals surface area contributed by atoms with Crippen molar-refractivity contribution in [2.24, 2.45) is 0 Å². The van der Waals surface area contributed by atoms with Crippen LogP contribution in [0.2, 0.25) is 0 Å². The highest BCUT2D eigenvalue weighted by molar-refractivity contribution is 5.71. The molecular formula is C36H46F4O. The van der Waals surface area contributed by atoms with Crippen LogP contribution in [0, 0.1) is 11.6 Å². The molecule has 3 aromatic rings. The molecule has 0 heterocycles. The van der Waals surface area contributed by atoms with Crippen LogP contribution in [0.5, 0.6) is 5.75 Å². The molecule has 0 spiro atoms. The number of halogens is 4. The van der Waals surface area contributed by atoms with Crippen LogP contribution < -0.4 is 4.74 Å². The zero-order valence-electron chi connectivity index (χ0n) is 24.8. The molecule has 5 heteroatoms. The molecular weight excluding hydrogens is 524 g/mol. The Bertz CT molecular complexity index is 1160. The first-order valence-corrected chi connectivity index (χ1v) is 15.5. The van der Waals surface area contributed by atoms with Crippen molar-refractivity contribution in [1.29, 1.82) is 0 Å². The molecule has 0 aliphatic heterocycles. The molecule has 0 saturated heterocycles. The van der Waals surface area contributed by atoms with Gasteiger partial charge in [-0.25, -0.2) is 17.6 Å². The van der Waals surface area contributed by atoms with Crippen LogP contribution in [0.4, 0.5) is 17.6 Å². The van der Waals surface area contributed by atoms with E-state index in [0.717, 1.165) is 42.6 Å². The maximum atomic E-state index is 14.9. The molecule has 0 bridgehead atoms. The summed E-state index contributed by atoms with van der Waals surface area (Å²) in [6.45, 7) is 4.96. The van der Waals surface area contributed by atoms with Crippen LogP contribution in [0.25, 0.3) is 22.3 Å². The lowest BCUT2D eigenvalue weighted by Crippen LogP contribution is -2.20. The lowest BCUT2D eigenvalue weighted by molar-refractivity contribution is -0.0103. The molecule has 0 aliphatic carbocycles. The summed E-state index contributed by atoms with van der Waals surface area (Å²) in [6, 6.07) is 17.7. The van der Waals surface area contributed by atoms with E-state index in [9.17, 15) is 17.6 Å². The first-order chi connectivity index (χ1) is 19.8. The smallest absolute Gasteiger partial charge is 0.252 e. The minimum absolute atomic E-state index is 0.0637. The van der Waals surface area contributed by atoms with Gasteiger partial charge in [0.2, 0.25) is 0 Å². The van der Waals surface area contributed by atoms with Crippen molar-refractivity contribution in [3.8, 4) is 28.0 Å². The molecule has 3 aromatic carbocycles. The Morgan fingerprint density at radius 3 is 1.68 bits per heavy atom. The summed E-state index contributed by atoms with van der Waals surface area (Å²) in [6.07, 6.45) is 11.9. The van der Waals surface area contributed by atoms with Gasteiger partial charge in [-0.3, -0.25) is 0 Å². The zero-order valence-corrected chi connectivity index (χ0v) is 24.8. The number of alkyl halides is 2. The molecule has 0 atom stereocenters. The van der Waals surface area contributed by atoms with Crippen molar-refractivity contribution >= 4 is 0 Å². The molecule has 0 aliphatic rings. The van der Waals surface area contributed by atoms with E-state index in [1.54, 1.807) is 12.1 Å². The number of benzene rings is 3. The van der Waals surface area contributed by atoms with Crippen molar-refractivity contribution in [2.75, 3.05) is 6.61 Å². The standard InChI is InChI=1S/C36H46F4O/c1-3-5-7-9-10-11-12-14-26-41-32-22-19-29(20-23-32)28-15-17-30(18-16-28)33-24-21-31(34(37)35(33)38)27-36(39,40)25-13-8-6-4-2/h15-24H,3-14,25-27H2,1-2H3. The third-order valence-electron chi connectivity index (χ3n) is 7.66. The van der Waals surface area contributed by atoms with Gasteiger partial charge in [-0.1, -0.05) is 127 Å². The van der Waals surface area contributed by atoms with Crippen molar-refractivity contribution in [3.05, 3.63) is 77.9 Å². The van der Waals surface area contributed by atoms with E-state index in [-0.39, 0.29) is 17.5 Å². The molecule has 0 radical (unpaired) electrons. The second kappa shape index (κ2) is 17.2. The second-order valence-corrected chi connectivity index (χ2v) is 11.2. The van der Waals surface area contributed by atoms with Gasteiger partial charge in [0.05, 0.1) is 6.61 Å². The summed E-state index contributed by atoms with van der Waals surface area (Å²) in [7, 11) is 0. The second-order valence-electron chi connectivity index (χ2n) is 11.2. The highest BCUT2D eigenvalue weighted by Gasteiger charge is 2.31. The van der Waals surface area contributed by atoms with Crippen LogP contribution >= 0.6 is 0 Å². The number of rotatable bonds is 19. The van der Waals surface area contributed by atoms with Gasteiger partial charge >= 0.3 is 0 Å². The Morgan fingerprint density at radius 1 is 0.561 bits per heavy atom. The minimum Gasteiger partial charge on any atom is -0.494 e. The third kappa shape index (κ3) is 10.8. The van der Waals surface area contributed by atoms with Crippen molar-refractivity contribution in [1.82, 2.24) is 0 Å². The van der Waals surface area contributed by atoms with Gasteiger partial charge in [-0.15, -0.1) is 0 Å². The van der Waals surface area contributed by atoms with Gasteiger partial charge in [0, 0.05) is 18.4 Å². The summed E-state index contributed by atoms with van der Waals surface area (Å²) in [5.74, 6) is -4.51. The monoisotopic (exact) mass is 570 g/mol. The maximum Gasteiger partial charge on any atom is 0.252 e. The molecule has 0 aromatic heterocycles. The maximum absolute atomic E-state index is 14.9. The van der Waals surface area contributed by atoms with Gasteiger partial charge in [0.1, 0.15) is 5.75 Å². The Kier molecular flexibility index (Phi) is 13.7. The van der Waals surface area contributed by atoms with Crippen molar-refractivity contribution in [3.63, 3.8) is 0 Å². The number of hydrogen-bond donors (Lipinski definition) is 0. The Hall–Kier alpha value is -2.82. The highest BCUT2D eigenvalue weighted by Crippen LogP contribution is 2.33. The van der Waals surface area contributed by atoms with Gasteiger partial charge in [0.25, 0.3) is 5.92 Å². The fourth-order valence-corrected chi connectivity index (χ4v) is 5.14. The Labute approximate surface area is 244 Å². The van der Waals surface area contributed by atoms with Crippen LogP contribution in [0.15, 0.2) is 60.7 Å². The molecule has 0 saturated carbocycles. The summed E-state index contributed by atoms with van der Waals surface area (Å²) in [4.78, 5) is 0. The first-order valence-electron chi connectivity index (χ1n) is 15.5. The van der Waals surface area contributed by atoms with E-state index in [4.69, 9.17) is 4.74 Å². The number of hydrogen-bond acceptors (Lipinski definition) is 1. The minimum atomic E-state index is -3.06. The van der Waals surface area contributed by atoms with Crippen LogP contribution in [-0.4, -0.2) is 12.5 Å². The van der Waals surface area contributed by atoms with Gasteiger partial charge in [-0.2, -0.15) is 0 Å². The largest absolute Gasteiger partial charge is 0.494 e. The molecule has 224 valence electrons. The Balaban J connectivity index is 1.52. The van der Waals surface area contributed by atoms with Crippen LogP contribution in [-0.2, 0) is 6.42 Å². The fourth-order valence-electron chi connectivity index (χ4n) is 5.14. The quantitative estimate of drug-likeness (QED) is 0.103. The molecule has 0 fully saturated rings. The highest BCUT2D eigenvalue weighted by atomic mass is 19.3. The molecule has 0 amide bonds. The van der Waals surface area contributed by atoms with E-state index < -0.39 is 24.0 Å².